The summed E-state index contributed by atoms with van der Waals surface area (Å²) in [6.07, 6.45) is 1.87. The fraction of sp³-hybridized carbons (Fsp3) is 0.571. The smallest absolute Gasteiger partial charge is 0.119 e. The third-order valence-corrected chi connectivity index (χ3v) is 2.54. The minimum atomic E-state index is 0.246. The number of aliphatic hydroxyl groups is 1. The molecule has 0 amide bonds. The van der Waals surface area contributed by atoms with Gasteiger partial charge in [-0.1, -0.05) is 32.9 Å². The van der Waals surface area contributed by atoms with Crippen molar-refractivity contribution in [3.05, 3.63) is 29.8 Å². The quantitative estimate of drug-likeness (QED) is 0.828. The summed E-state index contributed by atoms with van der Waals surface area (Å²) < 4.78 is 5.17. The van der Waals surface area contributed by atoms with Gasteiger partial charge in [0.05, 0.1) is 7.11 Å². The van der Waals surface area contributed by atoms with Crippen molar-refractivity contribution in [3.63, 3.8) is 0 Å². The number of aliphatic hydroxyl groups excluding tert-OH is 1. The third kappa shape index (κ3) is 4.67. The van der Waals surface area contributed by atoms with Gasteiger partial charge in [0.15, 0.2) is 0 Å². The Hall–Kier alpha value is -1.02. The van der Waals surface area contributed by atoms with Crippen molar-refractivity contribution in [2.45, 2.75) is 39.5 Å². The molecule has 1 aromatic rings. The number of methoxy groups -OCH3 is 1. The Balaban J connectivity index is 0.00000106. The van der Waals surface area contributed by atoms with Gasteiger partial charge in [0, 0.05) is 6.61 Å². The lowest BCUT2D eigenvalue weighted by Crippen LogP contribution is -2.00. The first-order valence-electron chi connectivity index (χ1n) is 6.06. The van der Waals surface area contributed by atoms with E-state index in [0.29, 0.717) is 5.92 Å². The van der Waals surface area contributed by atoms with Gasteiger partial charge in [0.25, 0.3) is 0 Å². The van der Waals surface area contributed by atoms with E-state index in [4.69, 9.17) is 9.84 Å². The first-order chi connectivity index (χ1) is 7.81. The van der Waals surface area contributed by atoms with Crippen molar-refractivity contribution in [1.29, 1.82) is 0 Å². The maximum Gasteiger partial charge on any atom is 0.119 e. The van der Waals surface area contributed by atoms with E-state index in [0.717, 1.165) is 18.6 Å². The zero-order valence-electron chi connectivity index (χ0n) is 10.9. The molecule has 0 aliphatic rings. The number of ether oxygens (including phenoxy) is 1. The first kappa shape index (κ1) is 15.0. The topological polar surface area (TPSA) is 29.5 Å². The van der Waals surface area contributed by atoms with Crippen LogP contribution in [0.1, 0.15) is 45.1 Å². The molecule has 1 unspecified atom stereocenters. The number of rotatable bonds is 5. The van der Waals surface area contributed by atoms with E-state index in [1.54, 1.807) is 7.11 Å². The van der Waals surface area contributed by atoms with E-state index < -0.39 is 0 Å². The van der Waals surface area contributed by atoms with Crippen LogP contribution in [0.15, 0.2) is 24.3 Å². The molecule has 1 N–H and O–H groups in total. The second-order valence-corrected chi connectivity index (χ2v) is 3.39. The van der Waals surface area contributed by atoms with Crippen LogP contribution in [0.2, 0.25) is 0 Å². The van der Waals surface area contributed by atoms with Gasteiger partial charge in [-0.2, -0.15) is 0 Å². The Labute approximate surface area is 99.3 Å². The Morgan fingerprint density at radius 2 is 2.00 bits per heavy atom. The monoisotopic (exact) mass is 224 g/mol. The molecule has 0 saturated heterocycles. The second kappa shape index (κ2) is 9.22. The lowest BCUT2D eigenvalue weighted by molar-refractivity contribution is 0.274. The van der Waals surface area contributed by atoms with E-state index in [-0.39, 0.29) is 6.61 Å². The molecule has 0 saturated carbocycles. The van der Waals surface area contributed by atoms with Gasteiger partial charge in [0.2, 0.25) is 0 Å². The average molecular weight is 224 g/mol. The Morgan fingerprint density at radius 3 is 2.50 bits per heavy atom. The largest absolute Gasteiger partial charge is 0.497 e. The molecule has 2 nitrogen and oxygen atoms in total. The van der Waals surface area contributed by atoms with Gasteiger partial charge in [-0.3, -0.25) is 0 Å². The molecule has 0 aliphatic carbocycles. The fourth-order valence-corrected chi connectivity index (χ4v) is 1.66. The molecule has 1 aromatic carbocycles. The predicted octanol–water partition coefficient (Wildman–Crippen LogP) is 3.60. The number of benzene rings is 1. The Morgan fingerprint density at radius 1 is 1.31 bits per heavy atom. The molecule has 0 heterocycles. The molecular formula is C14H24O2. The molecule has 1 rings (SSSR count). The summed E-state index contributed by atoms with van der Waals surface area (Å²) in [5, 5.41) is 8.92. The second-order valence-electron chi connectivity index (χ2n) is 3.39. The molecule has 16 heavy (non-hydrogen) atoms. The average Bonchev–Trinajstić information content (AvgIpc) is 2.38. The van der Waals surface area contributed by atoms with Crippen LogP contribution >= 0.6 is 0 Å². The third-order valence-electron chi connectivity index (χ3n) is 2.54. The predicted molar refractivity (Wildman–Crippen MR) is 69.1 cm³/mol. The highest BCUT2D eigenvalue weighted by atomic mass is 16.5. The summed E-state index contributed by atoms with van der Waals surface area (Å²) in [5.41, 5.74) is 1.25. The summed E-state index contributed by atoms with van der Waals surface area (Å²) in [7, 11) is 1.67. The Kier molecular flexibility index (Phi) is 8.64. The zero-order valence-corrected chi connectivity index (χ0v) is 10.9. The SMILES string of the molecule is CC.CCC(CCO)c1cccc(OC)c1. The maximum atomic E-state index is 8.92. The van der Waals surface area contributed by atoms with Gasteiger partial charge in [-0.25, -0.2) is 0 Å². The first-order valence-corrected chi connectivity index (χ1v) is 6.06. The molecular weight excluding hydrogens is 200 g/mol. The highest BCUT2D eigenvalue weighted by Crippen LogP contribution is 2.25. The van der Waals surface area contributed by atoms with Crippen LogP contribution in [0.3, 0.4) is 0 Å². The maximum absolute atomic E-state index is 8.92. The van der Waals surface area contributed by atoms with Crippen LogP contribution in [0.25, 0.3) is 0 Å². The van der Waals surface area contributed by atoms with E-state index >= 15 is 0 Å². The molecule has 0 radical (unpaired) electrons. The molecule has 0 fully saturated rings. The molecule has 92 valence electrons. The molecule has 0 aliphatic heterocycles. The summed E-state index contributed by atoms with van der Waals surface area (Å²) >= 11 is 0. The van der Waals surface area contributed by atoms with Crippen molar-refractivity contribution in [3.8, 4) is 5.75 Å². The van der Waals surface area contributed by atoms with Crippen LogP contribution in [0.5, 0.6) is 5.75 Å². The highest BCUT2D eigenvalue weighted by molar-refractivity contribution is 5.30. The van der Waals surface area contributed by atoms with E-state index in [1.807, 2.05) is 32.0 Å². The van der Waals surface area contributed by atoms with E-state index in [9.17, 15) is 0 Å². The van der Waals surface area contributed by atoms with Crippen molar-refractivity contribution >= 4 is 0 Å². The van der Waals surface area contributed by atoms with Crippen LogP contribution < -0.4 is 4.74 Å². The van der Waals surface area contributed by atoms with E-state index in [1.165, 1.54) is 5.56 Å². The lowest BCUT2D eigenvalue weighted by Gasteiger charge is -2.14. The summed E-state index contributed by atoms with van der Waals surface area (Å²) in [6.45, 7) is 6.38. The van der Waals surface area contributed by atoms with Gasteiger partial charge in [0.1, 0.15) is 5.75 Å². The molecule has 0 spiro atoms. The Bertz CT molecular complexity index is 271. The van der Waals surface area contributed by atoms with E-state index in [2.05, 4.69) is 13.0 Å². The molecule has 0 bridgehead atoms. The van der Waals surface area contributed by atoms with Crippen molar-refractivity contribution in [1.82, 2.24) is 0 Å². The lowest BCUT2D eigenvalue weighted by atomic mass is 9.93. The minimum absolute atomic E-state index is 0.246. The molecule has 2 heteroatoms. The van der Waals surface area contributed by atoms with Crippen molar-refractivity contribution < 1.29 is 9.84 Å². The summed E-state index contributed by atoms with van der Waals surface area (Å²) in [4.78, 5) is 0. The van der Waals surface area contributed by atoms with Crippen molar-refractivity contribution in [2.75, 3.05) is 13.7 Å². The fourth-order valence-electron chi connectivity index (χ4n) is 1.66. The van der Waals surface area contributed by atoms with Crippen LogP contribution in [-0.4, -0.2) is 18.8 Å². The van der Waals surface area contributed by atoms with Gasteiger partial charge >= 0.3 is 0 Å². The van der Waals surface area contributed by atoms with Gasteiger partial charge in [-0.15, -0.1) is 0 Å². The van der Waals surface area contributed by atoms with Crippen LogP contribution in [-0.2, 0) is 0 Å². The van der Waals surface area contributed by atoms with Gasteiger partial charge in [-0.05, 0) is 36.5 Å². The minimum Gasteiger partial charge on any atom is -0.497 e. The normalized spacial score (nSPS) is 11.3. The van der Waals surface area contributed by atoms with Gasteiger partial charge < -0.3 is 9.84 Å². The molecule has 1 atom stereocenters. The highest BCUT2D eigenvalue weighted by Gasteiger charge is 2.08. The van der Waals surface area contributed by atoms with Crippen molar-refractivity contribution in [2.24, 2.45) is 0 Å². The molecule has 0 aromatic heterocycles. The van der Waals surface area contributed by atoms with Crippen LogP contribution in [0.4, 0.5) is 0 Å². The summed E-state index contributed by atoms with van der Waals surface area (Å²) in [6, 6.07) is 8.07. The van der Waals surface area contributed by atoms with Crippen LogP contribution in [0, 0.1) is 0 Å². The zero-order chi connectivity index (χ0) is 12.4. The summed E-state index contributed by atoms with van der Waals surface area (Å²) in [5.74, 6) is 1.33. The standard InChI is InChI=1S/C12H18O2.C2H6/c1-3-10(7-8-13)11-5-4-6-12(9-11)14-2;1-2/h4-6,9-10,13H,3,7-8H2,1-2H3;1-2H3. The number of hydrogen-bond donors (Lipinski definition) is 1. The number of hydrogen-bond acceptors (Lipinski definition) is 2.